The van der Waals surface area contributed by atoms with E-state index in [4.69, 9.17) is 5.26 Å². The van der Waals surface area contributed by atoms with Crippen molar-refractivity contribution in [2.45, 2.75) is 31.2 Å². The second kappa shape index (κ2) is 4.45. The Balaban J connectivity index is 2.10. The zero-order chi connectivity index (χ0) is 11.4. The van der Waals surface area contributed by atoms with E-state index >= 15 is 0 Å². The van der Waals surface area contributed by atoms with E-state index in [-0.39, 0.29) is 12.1 Å². The largest absolute Gasteiger partial charge is 0.394 e. The molecule has 0 aliphatic heterocycles. The number of aromatic nitrogens is 2. The molecule has 2 N–H and O–H groups in total. The minimum atomic E-state index is -0.247. The van der Waals surface area contributed by atoms with Crippen LogP contribution in [0.25, 0.3) is 0 Å². The van der Waals surface area contributed by atoms with Crippen LogP contribution in [-0.2, 0) is 0 Å². The average Bonchev–Trinajstić information content (AvgIpc) is 2.79. The molecule has 1 fully saturated rings. The van der Waals surface area contributed by atoms with Gasteiger partial charge in [0, 0.05) is 0 Å². The lowest BCUT2D eigenvalue weighted by Crippen LogP contribution is -2.39. The fourth-order valence-corrected chi connectivity index (χ4v) is 2.10. The number of anilines is 1. The Morgan fingerprint density at radius 3 is 2.62 bits per heavy atom. The number of hydrogen-bond acceptors (Lipinski definition) is 5. The van der Waals surface area contributed by atoms with Gasteiger partial charge in [0.15, 0.2) is 5.69 Å². The highest BCUT2D eigenvalue weighted by atomic mass is 16.3. The Hall–Kier alpha value is -1.67. The molecule has 1 saturated carbocycles. The summed E-state index contributed by atoms with van der Waals surface area (Å²) in [5.74, 6) is 0.620. The van der Waals surface area contributed by atoms with Gasteiger partial charge in [-0.2, -0.15) is 5.26 Å². The van der Waals surface area contributed by atoms with E-state index in [9.17, 15) is 5.11 Å². The monoisotopic (exact) mass is 218 g/mol. The first-order chi connectivity index (χ1) is 7.78. The molecule has 0 saturated heterocycles. The van der Waals surface area contributed by atoms with Crippen molar-refractivity contribution in [3.63, 3.8) is 0 Å². The van der Waals surface area contributed by atoms with E-state index in [0.717, 1.165) is 25.7 Å². The molecule has 84 valence electrons. The second-order valence-corrected chi connectivity index (χ2v) is 4.19. The van der Waals surface area contributed by atoms with Crippen LogP contribution < -0.4 is 5.32 Å². The molecule has 1 heterocycles. The molecule has 0 radical (unpaired) electrons. The third kappa shape index (κ3) is 2.12. The van der Waals surface area contributed by atoms with Crippen molar-refractivity contribution in [1.29, 1.82) is 5.26 Å². The summed E-state index contributed by atoms with van der Waals surface area (Å²) in [5, 5.41) is 28.9. The highest BCUT2D eigenvalue weighted by molar-refractivity contribution is 5.38. The van der Waals surface area contributed by atoms with Crippen LogP contribution in [0.15, 0.2) is 12.1 Å². The third-order valence-corrected chi connectivity index (χ3v) is 3.04. The summed E-state index contributed by atoms with van der Waals surface area (Å²) in [6.45, 7) is 0.106. The number of nitrogens with zero attached hydrogens (tertiary/aromatic N) is 3. The maximum atomic E-state index is 9.42. The molecule has 1 aromatic heterocycles. The van der Waals surface area contributed by atoms with E-state index in [0.29, 0.717) is 11.5 Å². The molecule has 0 aromatic carbocycles. The van der Waals surface area contributed by atoms with E-state index in [1.165, 1.54) is 0 Å². The van der Waals surface area contributed by atoms with Gasteiger partial charge in [-0.3, -0.25) is 0 Å². The number of nitriles is 1. The first kappa shape index (κ1) is 10.8. The molecule has 5 heteroatoms. The highest BCUT2D eigenvalue weighted by Crippen LogP contribution is 2.31. The lowest BCUT2D eigenvalue weighted by atomic mass is 9.99. The van der Waals surface area contributed by atoms with Crippen molar-refractivity contribution in [2.75, 3.05) is 11.9 Å². The molecule has 1 aliphatic carbocycles. The third-order valence-electron chi connectivity index (χ3n) is 3.04. The Morgan fingerprint density at radius 2 is 2.12 bits per heavy atom. The van der Waals surface area contributed by atoms with Crippen molar-refractivity contribution in [1.82, 2.24) is 10.2 Å². The highest BCUT2D eigenvalue weighted by Gasteiger charge is 2.33. The smallest absolute Gasteiger partial charge is 0.163 e. The van der Waals surface area contributed by atoms with Gasteiger partial charge in [0.2, 0.25) is 0 Å². The normalized spacial score (nSPS) is 18.0. The van der Waals surface area contributed by atoms with Gasteiger partial charge >= 0.3 is 0 Å². The van der Waals surface area contributed by atoms with E-state index < -0.39 is 0 Å². The summed E-state index contributed by atoms with van der Waals surface area (Å²) in [7, 11) is 0. The molecule has 1 aromatic rings. The molecule has 16 heavy (non-hydrogen) atoms. The van der Waals surface area contributed by atoms with Gasteiger partial charge in [-0.25, -0.2) is 0 Å². The molecule has 5 nitrogen and oxygen atoms in total. The molecule has 0 amide bonds. The van der Waals surface area contributed by atoms with E-state index in [2.05, 4.69) is 15.5 Å². The summed E-state index contributed by atoms with van der Waals surface area (Å²) < 4.78 is 0. The summed E-state index contributed by atoms with van der Waals surface area (Å²) in [5.41, 5.74) is 0.0538. The topological polar surface area (TPSA) is 81.8 Å². The Morgan fingerprint density at radius 1 is 1.38 bits per heavy atom. The van der Waals surface area contributed by atoms with Crippen LogP contribution in [0.3, 0.4) is 0 Å². The van der Waals surface area contributed by atoms with Crippen molar-refractivity contribution in [3.8, 4) is 6.07 Å². The number of nitrogens with one attached hydrogen (secondary N) is 1. The standard InChI is InChI=1S/C11H14N4O/c12-7-9-3-4-10(15-14-9)13-11(8-16)5-1-2-6-11/h3-4,16H,1-2,5-6,8H2,(H,13,15). The van der Waals surface area contributed by atoms with Crippen LogP contribution in [0.4, 0.5) is 5.82 Å². The predicted molar refractivity (Wildman–Crippen MR) is 58.7 cm³/mol. The average molecular weight is 218 g/mol. The zero-order valence-electron chi connectivity index (χ0n) is 8.98. The first-order valence-electron chi connectivity index (χ1n) is 5.41. The molecule has 0 unspecified atom stereocenters. The molecule has 0 atom stereocenters. The van der Waals surface area contributed by atoms with E-state index in [1.54, 1.807) is 12.1 Å². The molecule has 0 bridgehead atoms. The minimum Gasteiger partial charge on any atom is -0.394 e. The van der Waals surface area contributed by atoms with Crippen molar-refractivity contribution in [2.24, 2.45) is 0 Å². The van der Waals surface area contributed by atoms with E-state index in [1.807, 2.05) is 6.07 Å². The second-order valence-electron chi connectivity index (χ2n) is 4.19. The molecular formula is C11H14N4O. The quantitative estimate of drug-likeness (QED) is 0.792. The van der Waals surface area contributed by atoms with Gasteiger partial charge in [-0.1, -0.05) is 12.8 Å². The minimum absolute atomic E-state index is 0.106. The summed E-state index contributed by atoms with van der Waals surface area (Å²) in [6, 6.07) is 5.26. The molecular weight excluding hydrogens is 204 g/mol. The fourth-order valence-electron chi connectivity index (χ4n) is 2.10. The summed E-state index contributed by atoms with van der Waals surface area (Å²) >= 11 is 0. The van der Waals surface area contributed by atoms with Gasteiger partial charge < -0.3 is 10.4 Å². The van der Waals surface area contributed by atoms with Gasteiger partial charge in [-0.15, -0.1) is 10.2 Å². The molecule has 2 rings (SSSR count). The van der Waals surface area contributed by atoms with Crippen molar-refractivity contribution in [3.05, 3.63) is 17.8 Å². The van der Waals surface area contributed by atoms with Crippen LogP contribution in [0.2, 0.25) is 0 Å². The van der Waals surface area contributed by atoms with Crippen LogP contribution in [0.5, 0.6) is 0 Å². The van der Waals surface area contributed by atoms with Crippen LogP contribution in [0.1, 0.15) is 31.4 Å². The Labute approximate surface area is 94.1 Å². The lowest BCUT2D eigenvalue weighted by Gasteiger charge is -2.28. The number of aliphatic hydroxyl groups is 1. The molecule has 0 spiro atoms. The summed E-state index contributed by atoms with van der Waals surface area (Å²) in [6.07, 6.45) is 4.14. The van der Waals surface area contributed by atoms with Crippen molar-refractivity contribution < 1.29 is 5.11 Å². The number of hydrogen-bond donors (Lipinski definition) is 2. The number of rotatable bonds is 3. The van der Waals surface area contributed by atoms with Gasteiger partial charge in [0.05, 0.1) is 12.1 Å². The predicted octanol–water partition coefficient (Wildman–Crippen LogP) is 1.07. The summed E-state index contributed by atoms with van der Waals surface area (Å²) in [4.78, 5) is 0. The van der Waals surface area contributed by atoms with Gasteiger partial charge in [0.1, 0.15) is 11.9 Å². The lowest BCUT2D eigenvalue weighted by molar-refractivity contribution is 0.213. The van der Waals surface area contributed by atoms with Crippen molar-refractivity contribution >= 4 is 5.82 Å². The van der Waals surface area contributed by atoms with Gasteiger partial charge in [-0.05, 0) is 25.0 Å². The van der Waals surface area contributed by atoms with Gasteiger partial charge in [0.25, 0.3) is 0 Å². The van der Waals surface area contributed by atoms with Crippen LogP contribution >= 0.6 is 0 Å². The molecule has 1 aliphatic rings. The SMILES string of the molecule is N#Cc1ccc(NC2(CO)CCCC2)nn1. The van der Waals surface area contributed by atoms with Crippen LogP contribution in [-0.4, -0.2) is 27.4 Å². The first-order valence-corrected chi connectivity index (χ1v) is 5.41. The number of aliphatic hydroxyl groups excluding tert-OH is 1. The zero-order valence-corrected chi connectivity index (χ0v) is 8.98. The van der Waals surface area contributed by atoms with Crippen LogP contribution in [0, 0.1) is 11.3 Å². The Kier molecular flexibility index (Phi) is 3.02. The Bertz CT molecular complexity index is 389. The maximum absolute atomic E-state index is 9.42. The fraction of sp³-hybridized carbons (Fsp3) is 0.545. The maximum Gasteiger partial charge on any atom is 0.163 e.